The molecule has 2 heteroatoms. The molecule has 2 rings (SSSR count). The molecule has 94 valence electrons. The van der Waals surface area contributed by atoms with E-state index in [-0.39, 0.29) is 11.5 Å². The van der Waals surface area contributed by atoms with Gasteiger partial charge in [-0.1, -0.05) is 42.5 Å². The van der Waals surface area contributed by atoms with Gasteiger partial charge in [0, 0.05) is 0 Å². The van der Waals surface area contributed by atoms with Crippen molar-refractivity contribution in [2.75, 3.05) is 0 Å². The molecule has 0 N–H and O–H groups in total. The van der Waals surface area contributed by atoms with Gasteiger partial charge >= 0.3 is 0 Å². The summed E-state index contributed by atoms with van der Waals surface area (Å²) in [6.07, 6.45) is 0.191. The van der Waals surface area contributed by atoms with Crippen LogP contribution < -0.4 is 4.74 Å². The van der Waals surface area contributed by atoms with Gasteiger partial charge in [-0.25, -0.2) is 0 Å². The van der Waals surface area contributed by atoms with Crippen LogP contribution in [-0.2, 0) is 0 Å². The summed E-state index contributed by atoms with van der Waals surface area (Å²) < 4.78 is 5.61. The smallest absolute Gasteiger partial charge is 0.119 e. The maximum Gasteiger partial charge on any atom is 0.119 e. The summed E-state index contributed by atoms with van der Waals surface area (Å²) in [4.78, 5) is 0. The van der Waals surface area contributed by atoms with E-state index in [1.165, 1.54) is 0 Å². The second-order valence-corrected chi connectivity index (χ2v) is 4.95. The van der Waals surface area contributed by atoms with Gasteiger partial charge in [0.25, 0.3) is 0 Å². The third-order valence-corrected chi connectivity index (χ3v) is 3.14. The first kappa shape index (κ1) is 13.0. The molecule has 1 unspecified atom stereocenters. The quantitative estimate of drug-likeness (QED) is 0.718. The van der Waals surface area contributed by atoms with Crippen LogP contribution in [0, 0.1) is 0 Å². The van der Waals surface area contributed by atoms with Crippen molar-refractivity contribution >= 4 is 11.6 Å². The van der Waals surface area contributed by atoms with Crippen molar-refractivity contribution in [2.45, 2.75) is 25.3 Å². The lowest BCUT2D eigenvalue weighted by Gasteiger charge is -2.13. The number of hydrogen-bond donors (Lipinski definition) is 0. The Bertz CT molecular complexity index is 476. The molecule has 1 atom stereocenters. The zero-order valence-corrected chi connectivity index (χ0v) is 11.4. The van der Waals surface area contributed by atoms with Gasteiger partial charge in [0.05, 0.1) is 11.5 Å². The highest BCUT2D eigenvalue weighted by Gasteiger charge is 2.10. The molecule has 0 aliphatic rings. The molecule has 2 aromatic rings. The topological polar surface area (TPSA) is 9.23 Å². The van der Waals surface area contributed by atoms with Crippen molar-refractivity contribution in [3.8, 4) is 5.75 Å². The van der Waals surface area contributed by atoms with Crippen LogP contribution in [0.25, 0.3) is 0 Å². The van der Waals surface area contributed by atoms with Gasteiger partial charge in [0.15, 0.2) is 0 Å². The molecular formula is C16H17ClO. The fourth-order valence-electron chi connectivity index (χ4n) is 1.80. The minimum atomic E-state index is -0.112. The standard InChI is InChI=1S/C16H17ClO/c1-12(2)18-15-10-8-14(9-11-15)16(17)13-6-4-3-5-7-13/h3-12,16H,1-2H3. The Morgan fingerprint density at radius 1 is 0.833 bits per heavy atom. The van der Waals surface area contributed by atoms with Crippen molar-refractivity contribution in [3.63, 3.8) is 0 Å². The van der Waals surface area contributed by atoms with Gasteiger partial charge in [-0.2, -0.15) is 0 Å². The van der Waals surface area contributed by atoms with Gasteiger partial charge in [0.1, 0.15) is 5.75 Å². The second kappa shape index (κ2) is 5.92. The highest BCUT2D eigenvalue weighted by atomic mass is 35.5. The molecule has 0 saturated carbocycles. The van der Waals surface area contributed by atoms with Crippen LogP contribution in [0.5, 0.6) is 5.75 Å². The lowest BCUT2D eigenvalue weighted by molar-refractivity contribution is 0.242. The lowest BCUT2D eigenvalue weighted by Crippen LogP contribution is -2.05. The van der Waals surface area contributed by atoms with E-state index >= 15 is 0 Å². The van der Waals surface area contributed by atoms with Gasteiger partial charge in [-0.05, 0) is 37.1 Å². The van der Waals surface area contributed by atoms with E-state index < -0.39 is 0 Å². The number of ether oxygens (including phenoxy) is 1. The number of rotatable bonds is 4. The van der Waals surface area contributed by atoms with Gasteiger partial charge in [0.2, 0.25) is 0 Å². The molecule has 0 spiro atoms. The third-order valence-electron chi connectivity index (χ3n) is 2.64. The van der Waals surface area contributed by atoms with Crippen LogP contribution in [0.1, 0.15) is 30.4 Å². The van der Waals surface area contributed by atoms with Crippen LogP contribution in [0.4, 0.5) is 0 Å². The van der Waals surface area contributed by atoms with Crippen molar-refractivity contribution in [3.05, 3.63) is 65.7 Å². The Kier molecular flexibility index (Phi) is 4.27. The largest absolute Gasteiger partial charge is 0.491 e. The lowest BCUT2D eigenvalue weighted by atomic mass is 10.0. The fourth-order valence-corrected chi connectivity index (χ4v) is 2.09. The average Bonchev–Trinajstić information content (AvgIpc) is 2.39. The summed E-state index contributed by atoms with van der Waals surface area (Å²) >= 11 is 6.45. The predicted octanol–water partition coefficient (Wildman–Crippen LogP) is 4.80. The molecule has 0 fully saturated rings. The molecule has 0 saturated heterocycles. The van der Waals surface area contributed by atoms with Crippen molar-refractivity contribution in [1.82, 2.24) is 0 Å². The van der Waals surface area contributed by atoms with E-state index in [9.17, 15) is 0 Å². The molecule has 0 aromatic heterocycles. The maximum atomic E-state index is 6.45. The number of hydrogen-bond acceptors (Lipinski definition) is 1. The van der Waals surface area contributed by atoms with E-state index in [4.69, 9.17) is 16.3 Å². The van der Waals surface area contributed by atoms with Crippen molar-refractivity contribution < 1.29 is 4.74 Å². The summed E-state index contributed by atoms with van der Waals surface area (Å²) in [5, 5.41) is -0.112. The van der Waals surface area contributed by atoms with E-state index in [0.29, 0.717) is 0 Å². The normalized spacial score (nSPS) is 12.4. The maximum absolute atomic E-state index is 6.45. The number of benzene rings is 2. The highest BCUT2D eigenvalue weighted by molar-refractivity contribution is 6.22. The fraction of sp³-hybridized carbons (Fsp3) is 0.250. The van der Waals surface area contributed by atoms with Gasteiger partial charge in [-0.3, -0.25) is 0 Å². The first-order valence-electron chi connectivity index (χ1n) is 6.12. The molecule has 18 heavy (non-hydrogen) atoms. The van der Waals surface area contributed by atoms with Crippen LogP contribution in [0.3, 0.4) is 0 Å². The summed E-state index contributed by atoms with van der Waals surface area (Å²) in [6, 6.07) is 18.0. The predicted molar refractivity (Wildman–Crippen MR) is 76.3 cm³/mol. The first-order chi connectivity index (χ1) is 8.66. The van der Waals surface area contributed by atoms with Crippen molar-refractivity contribution in [2.24, 2.45) is 0 Å². The molecule has 0 heterocycles. The zero-order chi connectivity index (χ0) is 13.0. The summed E-state index contributed by atoms with van der Waals surface area (Å²) in [5.41, 5.74) is 2.19. The van der Waals surface area contributed by atoms with E-state index in [1.54, 1.807) is 0 Å². The second-order valence-electron chi connectivity index (χ2n) is 4.51. The summed E-state index contributed by atoms with van der Waals surface area (Å²) in [5.74, 6) is 0.880. The Balaban J connectivity index is 2.14. The monoisotopic (exact) mass is 260 g/mol. The zero-order valence-electron chi connectivity index (χ0n) is 10.6. The molecule has 0 radical (unpaired) electrons. The highest BCUT2D eigenvalue weighted by Crippen LogP contribution is 2.29. The Morgan fingerprint density at radius 3 is 1.94 bits per heavy atom. The van der Waals surface area contributed by atoms with Gasteiger partial charge < -0.3 is 4.74 Å². The summed E-state index contributed by atoms with van der Waals surface area (Å²) in [7, 11) is 0. The molecule has 0 amide bonds. The van der Waals surface area contributed by atoms with Crippen LogP contribution in [0.15, 0.2) is 54.6 Å². The van der Waals surface area contributed by atoms with Crippen molar-refractivity contribution in [1.29, 1.82) is 0 Å². The first-order valence-corrected chi connectivity index (χ1v) is 6.56. The molecule has 0 bridgehead atoms. The number of halogens is 1. The van der Waals surface area contributed by atoms with Crippen LogP contribution in [-0.4, -0.2) is 6.10 Å². The Labute approximate surface area is 113 Å². The van der Waals surface area contributed by atoms with E-state index in [1.807, 2.05) is 68.4 Å². The minimum absolute atomic E-state index is 0.112. The average molecular weight is 261 g/mol. The molecule has 0 aliphatic heterocycles. The SMILES string of the molecule is CC(C)Oc1ccc(C(Cl)c2ccccc2)cc1. The van der Waals surface area contributed by atoms with Gasteiger partial charge in [-0.15, -0.1) is 11.6 Å². The van der Waals surface area contributed by atoms with Crippen LogP contribution in [0.2, 0.25) is 0 Å². The van der Waals surface area contributed by atoms with E-state index in [0.717, 1.165) is 16.9 Å². The number of alkyl halides is 1. The Hall–Kier alpha value is -1.47. The molecule has 2 aromatic carbocycles. The molecule has 1 nitrogen and oxygen atoms in total. The molecule has 0 aliphatic carbocycles. The summed E-state index contributed by atoms with van der Waals surface area (Å²) in [6.45, 7) is 4.03. The van der Waals surface area contributed by atoms with E-state index in [2.05, 4.69) is 0 Å². The molecular weight excluding hydrogens is 244 g/mol. The third kappa shape index (κ3) is 3.27. The minimum Gasteiger partial charge on any atom is -0.491 e. The van der Waals surface area contributed by atoms with Crippen LogP contribution >= 0.6 is 11.6 Å². The Morgan fingerprint density at radius 2 is 1.39 bits per heavy atom.